The summed E-state index contributed by atoms with van der Waals surface area (Å²) < 4.78 is 10.4. The summed E-state index contributed by atoms with van der Waals surface area (Å²) in [4.78, 5) is 24.3. The Balaban J connectivity index is 2.15. The van der Waals surface area contributed by atoms with Gasteiger partial charge in [0.25, 0.3) is 0 Å². The van der Waals surface area contributed by atoms with Crippen molar-refractivity contribution in [3.8, 4) is 5.75 Å². The lowest BCUT2D eigenvalue weighted by atomic mass is 10.1. The van der Waals surface area contributed by atoms with Crippen molar-refractivity contribution in [1.29, 1.82) is 0 Å². The van der Waals surface area contributed by atoms with Crippen LogP contribution in [-0.4, -0.2) is 18.5 Å². The second kappa shape index (κ2) is 9.09. The lowest BCUT2D eigenvalue weighted by molar-refractivity contribution is 0.0499. The van der Waals surface area contributed by atoms with Crippen LogP contribution in [0.2, 0.25) is 15.1 Å². The minimum absolute atomic E-state index is 0.00802. The average Bonchev–Trinajstić information content (AvgIpc) is 2.58. The van der Waals surface area contributed by atoms with Gasteiger partial charge in [-0.25, -0.2) is 9.59 Å². The smallest absolute Gasteiger partial charge is 0.343 e. The molecule has 0 aliphatic carbocycles. The van der Waals surface area contributed by atoms with Crippen molar-refractivity contribution < 1.29 is 19.1 Å². The minimum atomic E-state index is -0.700. The first-order chi connectivity index (χ1) is 11.9. The number of rotatable bonds is 6. The molecule has 2 rings (SSSR count). The van der Waals surface area contributed by atoms with Crippen LogP contribution >= 0.6 is 34.8 Å². The van der Waals surface area contributed by atoms with Crippen molar-refractivity contribution in [2.75, 3.05) is 6.61 Å². The zero-order valence-corrected chi connectivity index (χ0v) is 15.6. The Labute approximate surface area is 160 Å². The van der Waals surface area contributed by atoms with E-state index >= 15 is 0 Å². The largest absolute Gasteiger partial charge is 0.462 e. The lowest BCUT2D eigenvalue weighted by Gasteiger charge is -2.09. The molecule has 132 valence electrons. The van der Waals surface area contributed by atoms with Crippen LogP contribution in [0.15, 0.2) is 36.4 Å². The Kier molecular flexibility index (Phi) is 7.12. The monoisotopic (exact) mass is 400 g/mol. The molecule has 0 aliphatic rings. The molecule has 0 N–H and O–H groups in total. The third-order valence-corrected chi connectivity index (χ3v) is 4.00. The van der Waals surface area contributed by atoms with Gasteiger partial charge in [0.05, 0.1) is 27.8 Å². The quantitative estimate of drug-likeness (QED) is 0.347. The topological polar surface area (TPSA) is 52.6 Å². The third-order valence-electron chi connectivity index (χ3n) is 3.22. The fourth-order valence-corrected chi connectivity index (χ4v) is 2.84. The molecule has 2 aromatic carbocycles. The fourth-order valence-electron chi connectivity index (χ4n) is 1.94. The van der Waals surface area contributed by atoms with Crippen LogP contribution in [0.25, 0.3) is 0 Å². The molecule has 0 amide bonds. The van der Waals surface area contributed by atoms with Gasteiger partial charge in [-0.1, -0.05) is 54.2 Å². The molecular formula is C18H15Cl3O4. The Hall–Kier alpha value is -1.75. The minimum Gasteiger partial charge on any atom is -0.462 e. The zero-order valence-electron chi connectivity index (χ0n) is 13.4. The van der Waals surface area contributed by atoms with Gasteiger partial charge in [0, 0.05) is 5.02 Å². The molecule has 0 radical (unpaired) electrons. The average molecular weight is 402 g/mol. The maximum Gasteiger partial charge on any atom is 0.343 e. The number of carbonyl (C=O) groups excluding carboxylic acids is 2. The number of esters is 2. The summed E-state index contributed by atoms with van der Waals surface area (Å²) in [6.07, 6.45) is 1.70. The highest BCUT2D eigenvalue weighted by atomic mass is 35.5. The fraction of sp³-hybridized carbons (Fsp3) is 0.222. The van der Waals surface area contributed by atoms with Crippen molar-refractivity contribution in [3.05, 3.63) is 62.6 Å². The first kappa shape index (κ1) is 19.6. The summed E-state index contributed by atoms with van der Waals surface area (Å²) in [6, 6.07) is 8.88. The Morgan fingerprint density at radius 3 is 2.16 bits per heavy atom. The predicted molar refractivity (Wildman–Crippen MR) is 98.1 cm³/mol. The second-order valence-corrected chi connectivity index (χ2v) is 6.41. The Morgan fingerprint density at radius 2 is 1.56 bits per heavy atom. The molecular weight excluding hydrogens is 387 g/mol. The Bertz CT molecular complexity index is 767. The summed E-state index contributed by atoms with van der Waals surface area (Å²) in [5.41, 5.74) is 0.436. The zero-order chi connectivity index (χ0) is 18.4. The van der Waals surface area contributed by atoms with Crippen LogP contribution in [-0.2, 0) is 4.74 Å². The van der Waals surface area contributed by atoms with E-state index in [4.69, 9.17) is 44.3 Å². The van der Waals surface area contributed by atoms with Gasteiger partial charge in [-0.2, -0.15) is 0 Å². The SMILES string of the molecule is CCCCOC(=O)c1cccc(C(=O)Oc2c(Cl)cc(Cl)cc2Cl)c1. The van der Waals surface area contributed by atoms with Crippen LogP contribution in [0.3, 0.4) is 0 Å². The third kappa shape index (κ3) is 5.36. The lowest BCUT2D eigenvalue weighted by Crippen LogP contribution is -2.12. The van der Waals surface area contributed by atoms with Gasteiger partial charge in [0.2, 0.25) is 0 Å². The second-order valence-electron chi connectivity index (χ2n) is 5.16. The summed E-state index contributed by atoms with van der Waals surface area (Å²) >= 11 is 17.8. The van der Waals surface area contributed by atoms with Crippen molar-refractivity contribution in [2.24, 2.45) is 0 Å². The van der Waals surface area contributed by atoms with E-state index in [2.05, 4.69) is 0 Å². The van der Waals surface area contributed by atoms with E-state index in [1.165, 1.54) is 24.3 Å². The molecule has 0 aromatic heterocycles. The molecule has 2 aromatic rings. The van der Waals surface area contributed by atoms with Crippen LogP contribution < -0.4 is 4.74 Å². The van der Waals surface area contributed by atoms with Gasteiger partial charge in [0.1, 0.15) is 0 Å². The number of unbranched alkanes of at least 4 members (excludes halogenated alkanes) is 1. The molecule has 0 fully saturated rings. The highest BCUT2D eigenvalue weighted by Crippen LogP contribution is 2.36. The maximum atomic E-state index is 12.3. The number of hydrogen-bond acceptors (Lipinski definition) is 4. The number of carbonyl (C=O) groups is 2. The van der Waals surface area contributed by atoms with Crippen LogP contribution in [0.1, 0.15) is 40.5 Å². The number of benzene rings is 2. The molecule has 0 bridgehead atoms. The van der Waals surface area contributed by atoms with Gasteiger partial charge >= 0.3 is 11.9 Å². The predicted octanol–water partition coefficient (Wildman–Crippen LogP) is 5.82. The number of hydrogen-bond donors (Lipinski definition) is 0. The van der Waals surface area contributed by atoms with Crippen LogP contribution in [0.4, 0.5) is 0 Å². The molecule has 0 heterocycles. The first-order valence-corrected chi connectivity index (χ1v) is 8.69. The van der Waals surface area contributed by atoms with E-state index in [1.807, 2.05) is 6.92 Å². The molecule has 0 saturated carbocycles. The van der Waals surface area contributed by atoms with E-state index in [-0.39, 0.29) is 26.9 Å². The number of ether oxygens (including phenoxy) is 2. The Morgan fingerprint density at radius 1 is 0.960 bits per heavy atom. The van der Waals surface area contributed by atoms with Gasteiger partial charge in [0.15, 0.2) is 5.75 Å². The molecule has 25 heavy (non-hydrogen) atoms. The molecule has 7 heteroatoms. The molecule has 0 aliphatic heterocycles. The summed E-state index contributed by atoms with van der Waals surface area (Å²) in [6.45, 7) is 2.33. The van der Waals surface area contributed by atoms with E-state index in [0.29, 0.717) is 11.6 Å². The van der Waals surface area contributed by atoms with Crippen molar-refractivity contribution >= 4 is 46.7 Å². The highest BCUT2D eigenvalue weighted by molar-refractivity contribution is 6.40. The van der Waals surface area contributed by atoms with Gasteiger partial charge < -0.3 is 9.47 Å². The highest BCUT2D eigenvalue weighted by Gasteiger charge is 2.17. The molecule has 0 saturated heterocycles. The summed E-state index contributed by atoms with van der Waals surface area (Å²) in [5.74, 6) is -1.19. The van der Waals surface area contributed by atoms with Gasteiger partial charge in [-0.15, -0.1) is 0 Å². The van der Waals surface area contributed by atoms with E-state index in [9.17, 15) is 9.59 Å². The molecule has 0 unspecified atom stereocenters. The van der Waals surface area contributed by atoms with E-state index in [0.717, 1.165) is 12.8 Å². The van der Waals surface area contributed by atoms with Crippen molar-refractivity contribution in [2.45, 2.75) is 19.8 Å². The van der Waals surface area contributed by atoms with Crippen molar-refractivity contribution in [3.63, 3.8) is 0 Å². The van der Waals surface area contributed by atoms with E-state index in [1.54, 1.807) is 12.1 Å². The van der Waals surface area contributed by atoms with E-state index < -0.39 is 11.9 Å². The van der Waals surface area contributed by atoms with Crippen LogP contribution in [0.5, 0.6) is 5.75 Å². The first-order valence-electron chi connectivity index (χ1n) is 7.56. The van der Waals surface area contributed by atoms with Gasteiger partial charge in [-0.05, 0) is 36.8 Å². The molecule has 4 nitrogen and oxygen atoms in total. The van der Waals surface area contributed by atoms with Crippen LogP contribution in [0, 0.1) is 0 Å². The molecule has 0 spiro atoms. The summed E-state index contributed by atoms with van der Waals surface area (Å²) in [7, 11) is 0. The standard InChI is InChI=1S/C18H15Cl3O4/c1-2-3-7-24-17(22)11-5-4-6-12(8-11)18(23)25-16-14(20)9-13(19)10-15(16)21/h4-6,8-10H,2-3,7H2,1H3. The van der Waals surface area contributed by atoms with Crippen molar-refractivity contribution in [1.82, 2.24) is 0 Å². The van der Waals surface area contributed by atoms with Gasteiger partial charge in [-0.3, -0.25) is 0 Å². The number of halogens is 3. The maximum absolute atomic E-state index is 12.3. The molecule has 0 atom stereocenters. The summed E-state index contributed by atoms with van der Waals surface area (Å²) in [5, 5.41) is 0.550. The normalized spacial score (nSPS) is 10.4.